The zero-order valence-corrected chi connectivity index (χ0v) is 30.3. The highest BCUT2D eigenvalue weighted by molar-refractivity contribution is 6.12. The normalized spacial score (nSPS) is 11.6. The molecule has 0 fully saturated rings. The summed E-state index contributed by atoms with van der Waals surface area (Å²) < 4.78 is 4.72. The molecular formula is C52H32N4. The van der Waals surface area contributed by atoms with E-state index < -0.39 is 0 Å². The molecule has 0 radical (unpaired) electrons. The molecule has 3 aromatic heterocycles. The summed E-state index contributed by atoms with van der Waals surface area (Å²) in [5.41, 5.74) is 14.3. The Balaban J connectivity index is 1.05. The van der Waals surface area contributed by atoms with Gasteiger partial charge < -0.3 is 9.13 Å². The van der Waals surface area contributed by atoms with E-state index in [0.29, 0.717) is 5.56 Å². The smallest absolute Gasteiger partial charge is 0.101 e. The van der Waals surface area contributed by atoms with Crippen molar-refractivity contribution in [2.75, 3.05) is 0 Å². The maximum absolute atomic E-state index is 10.5. The van der Waals surface area contributed by atoms with Crippen LogP contribution in [0.4, 0.5) is 0 Å². The minimum Gasteiger partial charge on any atom is -0.309 e. The lowest BCUT2D eigenvalue weighted by Gasteiger charge is -2.15. The fraction of sp³-hybridized carbons (Fsp3) is 0. The van der Waals surface area contributed by atoms with Crippen LogP contribution >= 0.6 is 0 Å². The summed E-state index contributed by atoms with van der Waals surface area (Å²) in [5, 5.41) is 16.2. The van der Waals surface area contributed by atoms with Crippen molar-refractivity contribution in [2.24, 2.45) is 0 Å². The predicted molar refractivity (Wildman–Crippen MR) is 231 cm³/mol. The molecule has 56 heavy (non-hydrogen) atoms. The summed E-state index contributed by atoms with van der Waals surface area (Å²) in [7, 11) is 0. The van der Waals surface area contributed by atoms with Gasteiger partial charge in [0, 0.05) is 49.4 Å². The third-order valence-electron chi connectivity index (χ3n) is 11.2. The fourth-order valence-corrected chi connectivity index (χ4v) is 8.63. The molecule has 0 aliphatic heterocycles. The number of hydrogen-bond donors (Lipinski definition) is 0. The van der Waals surface area contributed by atoms with Crippen LogP contribution in [-0.2, 0) is 0 Å². The number of rotatable bonds is 5. The van der Waals surface area contributed by atoms with Gasteiger partial charge in [0.2, 0.25) is 0 Å². The van der Waals surface area contributed by atoms with Crippen LogP contribution in [0.15, 0.2) is 194 Å². The molecule has 0 spiro atoms. The van der Waals surface area contributed by atoms with Gasteiger partial charge in [-0.05, 0) is 77.4 Å². The summed E-state index contributed by atoms with van der Waals surface area (Å²) in [4.78, 5) is 5.16. The number of para-hydroxylation sites is 4. The number of hydrogen-bond acceptors (Lipinski definition) is 2. The second-order valence-corrected chi connectivity index (χ2v) is 14.3. The summed E-state index contributed by atoms with van der Waals surface area (Å²) in [6.45, 7) is 0. The van der Waals surface area contributed by atoms with Gasteiger partial charge in [0.15, 0.2) is 0 Å². The average molecular weight is 713 g/mol. The molecule has 4 heteroatoms. The Morgan fingerprint density at radius 1 is 0.375 bits per heavy atom. The van der Waals surface area contributed by atoms with Gasteiger partial charge >= 0.3 is 0 Å². The second-order valence-electron chi connectivity index (χ2n) is 14.3. The van der Waals surface area contributed by atoms with E-state index >= 15 is 0 Å². The molecule has 0 aliphatic carbocycles. The van der Waals surface area contributed by atoms with Crippen LogP contribution in [0.1, 0.15) is 5.56 Å². The minimum atomic E-state index is 0.639. The molecule has 0 amide bonds. The fourth-order valence-electron chi connectivity index (χ4n) is 8.63. The van der Waals surface area contributed by atoms with Crippen LogP contribution in [0.2, 0.25) is 0 Å². The van der Waals surface area contributed by atoms with Gasteiger partial charge in [-0.3, -0.25) is 0 Å². The summed E-state index contributed by atoms with van der Waals surface area (Å²) >= 11 is 0. The topological polar surface area (TPSA) is 46.5 Å². The minimum absolute atomic E-state index is 0.639. The number of benzene rings is 8. The SMILES string of the molecule is N#Cc1c(-c2ccccc2)c(-c2ccc(-n3c4ccccc4c4cc(-c5ccc6c7ccccc7n(-c7ccccc7)c6c5)ccc43)cc2)nc2ccccc12. The molecular weight excluding hydrogens is 681 g/mol. The van der Waals surface area contributed by atoms with Crippen molar-refractivity contribution in [1.29, 1.82) is 5.26 Å². The number of aromatic nitrogens is 3. The number of nitriles is 1. The Labute approximate surface area is 323 Å². The van der Waals surface area contributed by atoms with E-state index in [4.69, 9.17) is 4.98 Å². The Morgan fingerprint density at radius 3 is 1.62 bits per heavy atom. The van der Waals surface area contributed by atoms with Gasteiger partial charge in [-0.2, -0.15) is 5.26 Å². The lowest BCUT2D eigenvalue weighted by Crippen LogP contribution is -1.97. The molecule has 0 bridgehead atoms. The van der Waals surface area contributed by atoms with Gasteiger partial charge in [-0.15, -0.1) is 0 Å². The highest BCUT2D eigenvalue weighted by atomic mass is 15.0. The third kappa shape index (κ3) is 4.89. The monoisotopic (exact) mass is 712 g/mol. The molecule has 4 nitrogen and oxygen atoms in total. The van der Waals surface area contributed by atoms with Gasteiger partial charge in [0.1, 0.15) is 6.07 Å². The average Bonchev–Trinajstić information content (AvgIpc) is 3.78. The van der Waals surface area contributed by atoms with Gasteiger partial charge in [-0.25, -0.2) is 4.98 Å². The van der Waals surface area contributed by atoms with Gasteiger partial charge in [-0.1, -0.05) is 133 Å². The van der Waals surface area contributed by atoms with E-state index in [1.54, 1.807) is 0 Å². The van der Waals surface area contributed by atoms with Crippen LogP contribution in [0.3, 0.4) is 0 Å². The highest BCUT2D eigenvalue weighted by Crippen LogP contribution is 2.40. The Bertz CT molecular complexity index is 3350. The van der Waals surface area contributed by atoms with Crippen molar-refractivity contribution < 1.29 is 0 Å². The van der Waals surface area contributed by atoms with Crippen LogP contribution < -0.4 is 0 Å². The molecule has 0 saturated carbocycles. The van der Waals surface area contributed by atoms with Crippen LogP contribution in [-0.4, -0.2) is 14.1 Å². The summed E-state index contributed by atoms with van der Waals surface area (Å²) in [5.74, 6) is 0. The molecule has 0 atom stereocenters. The number of nitrogens with zero attached hydrogens (tertiary/aromatic N) is 4. The summed E-state index contributed by atoms with van der Waals surface area (Å²) in [6, 6.07) is 70.8. The molecule has 11 rings (SSSR count). The molecule has 11 aromatic rings. The van der Waals surface area contributed by atoms with Crippen molar-refractivity contribution in [3.8, 4) is 51.0 Å². The van der Waals surface area contributed by atoms with Crippen molar-refractivity contribution >= 4 is 54.5 Å². The van der Waals surface area contributed by atoms with E-state index in [9.17, 15) is 5.26 Å². The Kier molecular flexibility index (Phi) is 7.20. The quantitative estimate of drug-likeness (QED) is 0.178. The third-order valence-corrected chi connectivity index (χ3v) is 11.2. The molecule has 3 heterocycles. The molecule has 260 valence electrons. The molecule has 0 N–H and O–H groups in total. The Morgan fingerprint density at radius 2 is 0.893 bits per heavy atom. The zero-order valence-electron chi connectivity index (χ0n) is 30.3. The zero-order chi connectivity index (χ0) is 37.2. The molecule has 0 unspecified atom stereocenters. The number of fused-ring (bicyclic) bond motifs is 7. The second kappa shape index (κ2) is 12.7. The van der Waals surface area contributed by atoms with Gasteiger partial charge in [0.25, 0.3) is 0 Å². The van der Waals surface area contributed by atoms with Crippen molar-refractivity contribution in [2.45, 2.75) is 0 Å². The van der Waals surface area contributed by atoms with Crippen LogP contribution in [0.25, 0.3) is 99.4 Å². The summed E-state index contributed by atoms with van der Waals surface area (Å²) in [6.07, 6.45) is 0. The van der Waals surface area contributed by atoms with E-state index in [0.717, 1.165) is 55.7 Å². The van der Waals surface area contributed by atoms with Crippen LogP contribution in [0, 0.1) is 11.3 Å². The van der Waals surface area contributed by atoms with Crippen molar-refractivity contribution in [3.05, 3.63) is 200 Å². The van der Waals surface area contributed by atoms with E-state index in [1.807, 2.05) is 42.5 Å². The number of pyridine rings is 1. The first-order valence-corrected chi connectivity index (χ1v) is 18.9. The standard InChI is InChI=1S/C52H32N4/c53-33-45-40-17-7-10-20-46(40)54-52(51(45)34-13-3-1-4-14-34)35-23-27-39(28-24-35)55-48-22-12-9-19-42(48)44-31-36(26-30-49(44)55)37-25-29-43-41-18-8-11-21-47(41)56(50(43)32-37)38-15-5-2-6-16-38/h1-32H. The van der Waals surface area contributed by atoms with E-state index in [1.165, 1.54) is 43.7 Å². The lowest BCUT2D eigenvalue weighted by atomic mass is 9.92. The maximum atomic E-state index is 10.5. The molecule has 0 aliphatic rings. The van der Waals surface area contributed by atoms with E-state index in [-0.39, 0.29) is 0 Å². The largest absolute Gasteiger partial charge is 0.309 e. The highest BCUT2D eigenvalue weighted by Gasteiger charge is 2.20. The predicted octanol–water partition coefficient (Wildman–Crippen LogP) is 13.3. The van der Waals surface area contributed by atoms with Gasteiger partial charge in [0.05, 0.1) is 38.8 Å². The van der Waals surface area contributed by atoms with E-state index in [2.05, 4.69) is 167 Å². The molecule has 0 saturated heterocycles. The Hall–Kier alpha value is -7.74. The van der Waals surface area contributed by atoms with Crippen LogP contribution in [0.5, 0.6) is 0 Å². The maximum Gasteiger partial charge on any atom is 0.101 e. The molecule has 8 aromatic carbocycles. The first-order valence-electron chi connectivity index (χ1n) is 18.9. The van der Waals surface area contributed by atoms with Crippen molar-refractivity contribution in [3.63, 3.8) is 0 Å². The first-order chi connectivity index (χ1) is 27.7. The van der Waals surface area contributed by atoms with Crippen molar-refractivity contribution in [1.82, 2.24) is 14.1 Å². The first kappa shape index (κ1) is 31.8. The lowest BCUT2D eigenvalue weighted by molar-refractivity contribution is 1.18.